The van der Waals surface area contributed by atoms with Gasteiger partial charge in [0.1, 0.15) is 0 Å². The predicted molar refractivity (Wildman–Crippen MR) is 141 cm³/mol. The average Bonchev–Trinajstić information content (AvgIpc) is 2.90. The summed E-state index contributed by atoms with van der Waals surface area (Å²) in [5.41, 5.74) is 0.358. The number of amides is 1. The largest absolute Gasteiger partial charge is 0.416 e. The van der Waals surface area contributed by atoms with Crippen molar-refractivity contribution in [2.24, 2.45) is 0 Å². The first kappa shape index (κ1) is 29.3. The van der Waals surface area contributed by atoms with Crippen molar-refractivity contribution in [3.63, 3.8) is 0 Å². The first-order valence-electron chi connectivity index (χ1n) is 12.8. The minimum absolute atomic E-state index is 0.0376. The molecule has 0 radical (unpaired) electrons. The molecule has 4 nitrogen and oxygen atoms in total. The molecule has 1 fully saturated rings. The maximum atomic E-state index is 13.5. The average molecular weight is 562 g/mol. The number of pyridine rings is 1. The zero-order valence-corrected chi connectivity index (χ0v) is 22.1. The second-order valence-corrected chi connectivity index (χ2v) is 10.0. The van der Waals surface area contributed by atoms with Crippen molar-refractivity contribution >= 4 is 12.0 Å². The Morgan fingerprint density at radius 1 is 0.950 bits per heavy atom. The van der Waals surface area contributed by atoms with Crippen LogP contribution < -0.4 is 0 Å². The standard InChI is InChI=1S/C30H29F6N3O/c1-20-7-8-23(13-21(20)2)14-27-19-38(10-4-6-22-5-3-9-37-18-22)11-12-39(27)28(40)24-15-25(29(31,32)33)17-26(16-24)30(34,35)36/h3-9,13,15-18,27H,10-12,14,19H2,1-2H3/t27-/m1/s1. The summed E-state index contributed by atoms with van der Waals surface area (Å²) in [6.07, 6.45) is -2.38. The SMILES string of the molecule is Cc1ccc(C[C@@H]2CN(CC=Cc3cccnc3)CCN2C(=O)c2cc(C(F)(F)F)cc(C(F)(F)F)c2)cc1C. The lowest BCUT2D eigenvalue weighted by Crippen LogP contribution is -2.56. The number of alkyl halides is 6. The number of benzene rings is 2. The molecule has 2 heterocycles. The Kier molecular flexibility index (Phi) is 8.68. The highest BCUT2D eigenvalue weighted by atomic mass is 19.4. The molecule has 0 saturated carbocycles. The molecule has 40 heavy (non-hydrogen) atoms. The molecule has 1 atom stereocenters. The summed E-state index contributed by atoms with van der Waals surface area (Å²) in [6.45, 7) is 5.46. The third-order valence-electron chi connectivity index (χ3n) is 7.06. The number of nitrogens with zero attached hydrogens (tertiary/aromatic N) is 3. The van der Waals surface area contributed by atoms with Gasteiger partial charge in [0, 0.05) is 50.2 Å². The highest BCUT2D eigenvalue weighted by Crippen LogP contribution is 2.37. The van der Waals surface area contributed by atoms with E-state index in [9.17, 15) is 31.1 Å². The van der Waals surface area contributed by atoms with Crippen LogP contribution in [-0.2, 0) is 18.8 Å². The lowest BCUT2D eigenvalue weighted by atomic mass is 9.97. The van der Waals surface area contributed by atoms with E-state index in [-0.39, 0.29) is 12.6 Å². The summed E-state index contributed by atoms with van der Waals surface area (Å²) in [4.78, 5) is 21.1. The molecular formula is C30H29F6N3O. The van der Waals surface area contributed by atoms with Gasteiger partial charge in [-0.1, -0.05) is 36.4 Å². The van der Waals surface area contributed by atoms with Crippen molar-refractivity contribution in [1.82, 2.24) is 14.8 Å². The normalized spacial score (nSPS) is 17.0. The first-order chi connectivity index (χ1) is 18.8. The summed E-state index contributed by atoms with van der Waals surface area (Å²) in [5, 5.41) is 0. The van der Waals surface area contributed by atoms with Crippen LogP contribution in [0.4, 0.5) is 26.3 Å². The van der Waals surface area contributed by atoms with Gasteiger partial charge in [-0.2, -0.15) is 26.3 Å². The van der Waals surface area contributed by atoms with Crippen molar-refractivity contribution < 1.29 is 31.1 Å². The Bertz CT molecular complexity index is 1340. The van der Waals surface area contributed by atoms with Crippen molar-refractivity contribution in [2.45, 2.75) is 38.7 Å². The van der Waals surface area contributed by atoms with Crippen molar-refractivity contribution in [2.75, 3.05) is 26.2 Å². The molecule has 0 unspecified atom stereocenters. The van der Waals surface area contributed by atoms with E-state index in [4.69, 9.17) is 0 Å². The van der Waals surface area contributed by atoms with Crippen molar-refractivity contribution in [1.29, 1.82) is 0 Å². The number of piperazine rings is 1. The summed E-state index contributed by atoms with van der Waals surface area (Å²) in [5.74, 6) is -0.851. The number of hydrogen-bond donors (Lipinski definition) is 0. The topological polar surface area (TPSA) is 36.4 Å². The van der Waals surface area contributed by atoms with Crippen LogP contribution in [0.1, 0.15) is 43.7 Å². The fraction of sp³-hybridized carbons (Fsp3) is 0.333. The van der Waals surface area contributed by atoms with Gasteiger partial charge < -0.3 is 4.90 Å². The van der Waals surface area contributed by atoms with E-state index in [0.717, 1.165) is 22.3 Å². The fourth-order valence-corrected chi connectivity index (χ4v) is 4.79. The highest BCUT2D eigenvalue weighted by Gasteiger charge is 2.39. The number of carbonyl (C=O) groups is 1. The Balaban J connectivity index is 1.62. The van der Waals surface area contributed by atoms with Gasteiger partial charge in [-0.3, -0.25) is 14.7 Å². The second kappa shape index (κ2) is 11.8. The summed E-state index contributed by atoms with van der Waals surface area (Å²) in [7, 11) is 0. The van der Waals surface area contributed by atoms with Gasteiger partial charge in [0.2, 0.25) is 0 Å². The molecule has 1 aliphatic heterocycles. The van der Waals surface area contributed by atoms with E-state index in [1.54, 1.807) is 12.4 Å². The number of hydrogen-bond acceptors (Lipinski definition) is 3. The molecule has 4 rings (SSSR count). The van der Waals surface area contributed by atoms with E-state index in [1.165, 1.54) is 4.90 Å². The Morgan fingerprint density at radius 3 is 2.25 bits per heavy atom. The summed E-state index contributed by atoms with van der Waals surface area (Å²) < 4.78 is 80.8. The fourth-order valence-electron chi connectivity index (χ4n) is 4.79. The van der Waals surface area contributed by atoms with Gasteiger partial charge in [-0.25, -0.2) is 0 Å². The van der Waals surface area contributed by atoms with Gasteiger partial charge >= 0.3 is 12.4 Å². The molecule has 0 N–H and O–H groups in total. The molecule has 1 aromatic heterocycles. The molecule has 2 aromatic carbocycles. The second-order valence-electron chi connectivity index (χ2n) is 10.0. The minimum Gasteiger partial charge on any atom is -0.333 e. The smallest absolute Gasteiger partial charge is 0.333 e. The van der Waals surface area contributed by atoms with Crippen LogP contribution in [0.2, 0.25) is 0 Å². The Labute approximate surface area is 228 Å². The third kappa shape index (κ3) is 7.29. The van der Waals surface area contributed by atoms with Gasteiger partial charge in [0.05, 0.1) is 11.1 Å². The molecular weight excluding hydrogens is 532 g/mol. The molecule has 10 heteroatoms. The van der Waals surface area contributed by atoms with Gasteiger partial charge in [0.25, 0.3) is 5.91 Å². The van der Waals surface area contributed by atoms with E-state index < -0.39 is 41.0 Å². The van der Waals surface area contributed by atoms with Crippen molar-refractivity contribution in [3.8, 4) is 0 Å². The lowest BCUT2D eigenvalue weighted by Gasteiger charge is -2.41. The molecule has 1 amide bonds. The third-order valence-corrected chi connectivity index (χ3v) is 7.06. The maximum Gasteiger partial charge on any atom is 0.416 e. The predicted octanol–water partition coefficient (Wildman–Crippen LogP) is 6.82. The van der Waals surface area contributed by atoms with Crippen LogP contribution in [0.3, 0.4) is 0 Å². The van der Waals surface area contributed by atoms with E-state index in [2.05, 4.69) is 9.88 Å². The highest BCUT2D eigenvalue weighted by molar-refractivity contribution is 5.95. The van der Waals surface area contributed by atoms with Gasteiger partial charge in [-0.15, -0.1) is 0 Å². The van der Waals surface area contributed by atoms with Gasteiger partial charge in [-0.05, 0) is 66.8 Å². The summed E-state index contributed by atoms with van der Waals surface area (Å²) in [6, 6.07) is 10.2. The number of carbonyl (C=O) groups excluding carboxylic acids is 1. The van der Waals surface area contributed by atoms with Gasteiger partial charge in [0.15, 0.2) is 0 Å². The molecule has 1 aliphatic rings. The van der Waals surface area contributed by atoms with E-state index in [0.29, 0.717) is 38.2 Å². The molecule has 0 spiro atoms. The summed E-state index contributed by atoms with van der Waals surface area (Å²) >= 11 is 0. The van der Waals surface area contributed by atoms with Crippen molar-refractivity contribution in [3.05, 3.63) is 106 Å². The lowest BCUT2D eigenvalue weighted by molar-refractivity contribution is -0.143. The van der Waals surface area contributed by atoms with Crippen LogP contribution in [0, 0.1) is 13.8 Å². The number of aromatic nitrogens is 1. The number of halogens is 6. The van der Waals surface area contributed by atoms with E-state index in [1.807, 2.05) is 56.3 Å². The Morgan fingerprint density at radius 2 is 1.65 bits per heavy atom. The minimum atomic E-state index is -5.03. The number of aryl methyl sites for hydroxylation is 2. The zero-order chi connectivity index (χ0) is 29.1. The molecule has 1 saturated heterocycles. The first-order valence-corrected chi connectivity index (χ1v) is 12.8. The zero-order valence-electron chi connectivity index (χ0n) is 22.1. The van der Waals surface area contributed by atoms with Crippen LogP contribution >= 0.6 is 0 Å². The monoisotopic (exact) mass is 561 g/mol. The quantitative estimate of drug-likeness (QED) is 0.310. The molecule has 0 aliphatic carbocycles. The maximum absolute atomic E-state index is 13.5. The van der Waals surface area contributed by atoms with Crippen LogP contribution in [-0.4, -0.2) is 52.9 Å². The van der Waals surface area contributed by atoms with Crippen LogP contribution in [0.5, 0.6) is 0 Å². The number of rotatable bonds is 6. The Hall–Kier alpha value is -3.66. The molecule has 3 aromatic rings. The van der Waals surface area contributed by atoms with Crippen LogP contribution in [0.15, 0.2) is 67.0 Å². The van der Waals surface area contributed by atoms with E-state index >= 15 is 0 Å². The molecule has 212 valence electrons. The van der Waals surface area contributed by atoms with Crippen LogP contribution in [0.25, 0.3) is 6.08 Å². The molecule has 0 bridgehead atoms.